The van der Waals surface area contributed by atoms with Crippen LogP contribution >= 0.6 is 0 Å². The van der Waals surface area contributed by atoms with Gasteiger partial charge in [-0.1, -0.05) is 30.4 Å². The number of para-hydroxylation sites is 1. The van der Waals surface area contributed by atoms with Crippen molar-refractivity contribution in [2.75, 3.05) is 12.4 Å². The van der Waals surface area contributed by atoms with E-state index in [-0.39, 0.29) is 41.0 Å². The van der Waals surface area contributed by atoms with E-state index in [2.05, 4.69) is 10.3 Å². The summed E-state index contributed by atoms with van der Waals surface area (Å²) >= 11 is 0. The number of anilines is 1. The summed E-state index contributed by atoms with van der Waals surface area (Å²) in [5.41, 5.74) is 0.287. The second-order valence-electron chi connectivity index (χ2n) is 4.20. The summed E-state index contributed by atoms with van der Waals surface area (Å²) in [5.74, 6) is -2.26. The Balaban J connectivity index is 0.00000242. The Morgan fingerprint density at radius 1 is 1.27 bits per heavy atom. The maximum absolute atomic E-state index is 11.8. The number of benzene rings is 1. The number of methoxy groups -OCH3 is 1. The summed E-state index contributed by atoms with van der Waals surface area (Å²) in [6.45, 7) is 0. The van der Waals surface area contributed by atoms with E-state index in [4.69, 9.17) is 4.74 Å². The van der Waals surface area contributed by atoms with E-state index in [1.807, 2.05) is 0 Å². The largest absolute Gasteiger partial charge is 1.00 e. The van der Waals surface area contributed by atoms with Gasteiger partial charge in [-0.25, -0.2) is 4.99 Å². The van der Waals surface area contributed by atoms with Crippen molar-refractivity contribution >= 4 is 23.5 Å². The maximum atomic E-state index is 11.8. The molecule has 108 valence electrons. The molecule has 1 aromatic carbocycles. The molecule has 0 bridgehead atoms. The third-order valence-corrected chi connectivity index (χ3v) is 2.87. The number of esters is 1. The summed E-state index contributed by atoms with van der Waals surface area (Å²) in [5, 5.41) is 14.0. The van der Waals surface area contributed by atoms with Crippen LogP contribution in [0.5, 0.6) is 0 Å². The summed E-state index contributed by atoms with van der Waals surface area (Å²) in [6, 6.07) is 6.24. The number of rotatable bonds is 3. The fourth-order valence-corrected chi connectivity index (χ4v) is 1.86. The van der Waals surface area contributed by atoms with E-state index in [1.54, 1.807) is 36.4 Å². The molecule has 0 aliphatic carbocycles. The number of hydrogen-bond acceptors (Lipinski definition) is 6. The first-order valence-electron chi connectivity index (χ1n) is 6.19. The average molecular weight is 308 g/mol. The van der Waals surface area contributed by atoms with Crippen molar-refractivity contribution in [2.45, 2.75) is 0 Å². The minimum absolute atomic E-state index is 0. The molecular weight excluding hydrogens is 295 g/mol. The van der Waals surface area contributed by atoms with Crippen molar-refractivity contribution in [2.24, 2.45) is 10.9 Å². The van der Waals surface area contributed by atoms with Gasteiger partial charge in [-0.2, -0.15) is 0 Å². The zero-order chi connectivity index (χ0) is 15.2. The van der Waals surface area contributed by atoms with Gasteiger partial charge in [0.2, 0.25) is 0 Å². The number of nitrogens with one attached hydrogen (secondary N) is 1. The number of carboxylic acid groups (broad SMARTS) is 1. The van der Waals surface area contributed by atoms with Crippen LogP contribution in [0, 0.1) is 5.92 Å². The van der Waals surface area contributed by atoms with Crippen molar-refractivity contribution in [1.82, 2.24) is 0 Å². The number of carboxylic acids is 1. The van der Waals surface area contributed by atoms with E-state index in [0.717, 1.165) is 0 Å². The topological polar surface area (TPSA) is 90.8 Å². The second kappa shape index (κ2) is 8.53. The van der Waals surface area contributed by atoms with Crippen molar-refractivity contribution in [1.29, 1.82) is 0 Å². The SMILES string of the molecule is COC(=O)C1C=CC=CN=C1Nc1ccccc1C(=O)[O-].[Na+]. The summed E-state index contributed by atoms with van der Waals surface area (Å²) in [7, 11) is 1.28. The van der Waals surface area contributed by atoms with Gasteiger partial charge in [0.15, 0.2) is 0 Å². The van der Waals surface area contributed by atoms with E-state index >= 15 is 0 Å². The minimum atomic E-state index is -1.31. The Kier molecular flexibility index (Phi) is 7.04. The Morgan fingerprint density at radius 2 is 2.00 bits per heavy atom. The van der Waals surface area contributed by atoms with Gasteiger partial charge in [-0.05, 0) is 12.1 Å². The molecule has 0 aromatic heterocycles. The molecule has 6 nitrogen and oxygen atoms in total. The van der Waals surface area contributed by atoms with Crippen molar-refractivity contribution in [3.63, 3.8) is 0 Å². The van der Waals surface area contributed by atoms with Crippen LogP contribution in [0.3, 0.4) is 0 Å². The molecule has 1 aliphatic heterocycles. The van der Waals surface area contributed by atoms with Gasteiger partial charge >= 0.3 is 35.5 Å². The number of carbonyl (C=O) groups excluding carboxylic acids is 2. The number of carbonyl (C=O) groups is 2. The van der Waals surface area contributed by atoms with Gasteiger partial charge in [0.05, 0.1) is 13.1 Å². The molecule has 1 aromatic rings. The van der Waals surface area contributed by atoms with Crippen LogP contribution < -0.4 is 40.0 Å². The van der Waals surface area contributed by atoms with Crippen LogP contribution in [0.2, 0.25) is 0 Å². The molecule has 0 amide bonds. The third-order valence-electron chi connectivity index (χ3n) is 2.87. The van der Waals surface area contributed by atoms with Gasteiger partial charge in [0.25, 0.3) is 0 Å². The fourth-order valence-electron chi connectivity index (χ4n) is 1.86. The van der Waals surface area contributed by atoms with Gasteiger partial charge in [0.1, 0.15) is 11.8 Å². The van der Waals surface area contributed by atoms with E-state index < -0.39 is 17.9 Å². The molecule has 1 atom stereocenters. The first-order chi connectivity index (χ1) is 10.1. The number of allylic oxidation sites excluding steroid dienone is 2. The zero-order valence-electron chi connectivity index (χ0n) is 12.3. The molecule has 1 N–H and O–H groups in total. The molecule has 2 rings (SSSR count). The van der Waals surface area contributed by atoms with Crippen LogP contribution in [0.25, 0.3) is 0 Å². The summed E-state index contributed by atoms with van der Waals surface area (Å²) in [4.78, 5) is 27.0. The first kappa shape index (κ1) is 18.2. The van der Waals surface area contributed by atoms with Crippen molar-refractivity contribution < 1.29 is 49.0 Å². The molecule has 0 spiro atoms. The number of amidine groups is 1. The molecule has 0 radical (unpaired) electrons. The summed E-state index contributed by atoms with van der Waals surface area (Å²) < 4.78 is 4.72. The van der Waals surface area contributed by atoms with Gasteiger partial charge in [0, 0.05) is 17.5 Å². The molecule has 1 unspecified atom stereocenters. The van der Waals surface area contributed by atoms with Crippen LogP contribution in [-0.2, 0) is 9.53 Å². The molecule has 1 aliphatic rings. The standard InChI is InChI=1S/C15H14N2O4.Na/c1-21-15(20)11-7-4-5-9-16-13(11)17-12-8-3-2-6-10(12)14(18)19;/h2-9,11H,1H3,(H,16,17)(H,18,19);/q;+1/p-1. The Bertz CT molecular complexity index is 653. The third kappa shape index (κ3) is 4.30. The number of nitrogens with zero attached hydrogens (tertiary/aromatic N) is 1. The normalized spacial score (nSPS) is 16.0. The van der Waals surface area contributed by atoms with Gasteiger partial charge in [-0.3, -0.25) is 4.79 Å². The van der Waals surface area contributed by atoms with E-state index in [9.17, 15) is 14.7 Å². The van der Waals surface area contributed by atoms with Crippen molar-refractivity contribution in [3.8, 4) is 0 Å². The fraction of sp³-hybridized carbons (Fsp3) is 0.133. The monoisotopic (exact) mass is 308 g/mol. The minimum Gasteiger partial charge on any atom is -0.545 e. The molecular formula is C15H13N2NaO4. The average Bonchev–Trinajstić information content (AvgIpc) is 2.72. The van der Waals surface area contributed by atoms with E-state index in [1.165, 1.54) is 19.4 Å². The van der Waals surface area contributed by atoms with Gasteiger partial charge < -0.3 is 20.0 Å². The first-order valence-corrected chi connectivity index (χ1v) is 6.19. The Morgan fingerprint density at radius 3 is 2.68 bits per heavy atom. The molecule has 22 heavy (non-hydrogen) atoms. The molecule has 0 saturated heterocycles. The number of ether oxygens (including phenoxy) is 1. The Hall–Kier alpha value is -1.89. The molecule has 0 fully saturated rings. The van der Waals surface area contributed by atoms with Crippen LogP contribution in [-0.4, -0.2) is 24.9 Å². The smallest absolute Gasteiger partial charge is 0.545 e. The van der Waals surface area contributed by atoms with Crippen molar-refractivity contribution in [3.05, 3.63) is 54.3 Å². The predicted molar refractivity (Wildman–Crippen MR) is 75.6 cm³/mol. The number of aliphatic imine (C=N–C) groups is 1. The van der Waals surface area contributed by atoms with Crippen LogP contribution in [0.1, 0.15) is 10.4 Å². The molecule has 0 saturated carbocycles. The summed E-state index contributed by atoms with van der Waals surface area (Å²) in [6.07, 6.45) is 6.45. The predicted octanol–water partition coefficient (Wildman–Crippen LogP) is -2.26. The number of aromatic carboxylic acids is 1. The Labute approximate surface area is 149 Å². The number of hydrogen-bond donors (Lipinski definition) is 1. The molecule has 1 heterocycles. The zero-order valence-corrected chi connectivity index (χ0v) is 14.3. The van der Waals surface area contributed by atoms with Crippen LogP contribution in [0.4, 0.5) is 5.69 Å². The van der Waals surface area contributed by atoms with E-state index in [0.29, 0.717) is 5.69 Å². The molecule has 7 heteroatoms. The second-order valence-corrected chi connectivity index (χ2v) is 4.20. The van der Waals surface area contributed by atoms with Crippen LogP contribution in [0.15, 0.2) is 53.7 Å². The van der Waals surface area contributed by atoms with Gasteiger partial charge in [-0.15, -0.1) is 0 Å². The quantitative estimate of drug-likeness (QED) is 0.503. The maximum Gasteiger partial charge on any atom is 1.00 e.